The number of amides is 2. The van der Waals surface area contributed by atoms with E-state index in [1.165, 1.54) is 0 Å². The second kappa shape index (κ2) is 10.5. The van der Waals surface area contributed by atoms with Crippen LogP contribution in [-0.2, 0) is 33.9 Å². The molecule has 9 heteroatoms. The van der Waals surface area contributed by atoms with Crippen molar-refractivity contribution in [3.05, 3.63) is 65.2 Å². The molecular weight excluding hydrogens is 389 g/mol. The van der Waals surface area contributed by atoms with Gasteiger partial charge in [0.1, 0.15) is 12.4 Å². The Balaban J connectivity index is 1.70. The number of hydrogen-bond donors (Lipinski definition) is 2. The molecule has 6 nitrogen and oxygen atoms in total. The average molecular weight is 410 g/mol. The highest BCUT2D eigenvalue weighted by molar-refractivity contribution is 5.77. The summed E-state index contributed by atoms with van der Waals surface area (Å²) < 4.78 is 46.1. The third-order valence-electron chi connectivity index (χ3n) is 3.72. The lowest BCUT2D eigenvalue weighted by Crippen LogP contribution is -2.28. The Morgan fingerprint density at radius 1 is 0.931 bits per heavy atom. The number of nitrogens with one attached hydrogen (secondary N) is 1. The molecule has 2 rings (SSSR count). The summed E-state index contributed by atoms with van der Waals surface area (Å²) in [5.41, 5.74) is 7.26. The fourth-order valence-electron chi connectivity index (χ4n) is 2.34. The zero-order chi connectivity index (χ0) is 21.3. The van der Waals surface area contributed by atoms with Gasteiger partial charge in [0.05, 0.1) is 13.0 Å². The third-order valence-corrected chi connectivity index (χ3v) is 3.72. The van der Waals surface area contributed by atoms with Crippen molar-refractivity contribution in [1.82, 2.24) is 5.32 Å². The van der Waals surface area contributed by atoms with E-state index in [1.807, 2.05) is 0 Å². The van der Waals surface area contributed by atoms with Crippen molar-refractivity contribution in [1.29, 1.82) is 0 Å². The minimum Gasteiger partial charge on any atom is -0.484 e. The van der Waals surface area contributed by atoms with Gasteiger partial charge < -0.3 is 20.5 Å². The maximum absolute atomic E-state index is 12.0. The fraction of sp³-hybridized carbons (Fsp3) is 0.300. The van der Waals surface area contributed by atoms with Crippen LogP contribution in [0.1, 0.15) is 16.7 Å². The van der Waals surface area contributed by atoms with Gasteiger partial charge in [-0.15, -0.1) is 0 Å². The van der Waals surface area contributed by atoms with Crippen molar-refractivity contribution >= 4 is 11.8 Å². The molecule has 0 saturated heterocycles. The number of hydrogen-bond acceptors (Lipinski definition) is 4. The number of halogens is 3. The molecule has 29 heavy (non-hydrogen) atoms. The first-order valence-corrected chi connectivity index (χ1v) is 8.70. The SMILES string of the molecule is NC(=O)Cc1ccc(OCC(=O)NCc2ccc(COCC(F)(F)F)cc2)cc1. The Kier molecular flexibility index (Phi) is 8.02. The maximum atomic E-state index is 12.0. The first kappa shape index (κ1) is 22.2. The van der Waals surface area contributed by atoms with Crippen LogP contribution < -0.4 is 15.8 Å². The number of rotatable bonds is 10. The summed E-state index contributed by atoms with van der Waals surface area (Å²) in [6.07, 6.45) is -4.22. The van der Waals surface area contributed by atoms with Crippen LogP contribution in [0.25, 0.3) is 0 Å². The van der Waals surface area contributed by atoms with Crippen LogP contribution in [0.3, 0.4) is 0 Å². The molecule has 156 valence electrons. The molecule has 0 radical (unpaired) electrons. The van der Waals surface area contributed by atoms with Crippen molar-refractivity contribution in [3.8, 4) is 5.75 Å². The van der Waals surface area contributed by atoms with Crippen LogP contribution in [0.5, 0.6) is 5.75 Å². The number of nitrogens with two attached hydrogens (primary N) is 1. The van der Waals surface area contributed by atoms with E-state index in [9.17, 15) is 22.8 Å². The molecule has 2 amide bonds. The summed E-state index contributed by atoms with van der Waals surface area (Å²) in [6, 6.07) is 13.4. The lowest BCUT2D eigenvalue weighted by Gasteiger charge is -2.10. The van der Waals surface area contributed by atoms with Crippen molar-refractivity contribution in [2.75, 3.05) is 13.2 Å². The van der Waals surface area contributed by atoms with Crippen LogP contribution in [-0.4, -0.2) is 31.2 Å². The summed E-state index contributed by atoms with van der Waals surface area (Å²) in [4.78, 5) is 22.7. The molecule has 2 aromatic carbocycles. The van der Waals surface area contributed by atoms with E-state index in [0.717, 1.165) is 11.1 Å². The van der Waals surface area contributed by atoms with Crippen LogP contribution in [0.15, 0.2) is 48.5 Å². The highest BCUT2D eigenvalue weighted by atomic mass is 19.4. The Bertz CT molecular complexity index is 806. The molecule has 0 aromatic heterocycles. The van der Waals surface area contributed by atoms with E-state index in [0.29, 0.717) is 11.3 Å². The molecule has 0 saturated carbocycles. The van der Waals surface area contributed by atoms with Gasteiger partial charge in [0.25, 0.3) is 5.91 Å². The summed E-state index contributed by atoms with van der Waals surface area (Å²) in [6.45, 7) is -1.36. The summed E-state index contributed by atoms with van der Waals surface area (Å²) in [5.74, 6) is -0.278. The van der Waals surface area contributed by atoms with E-state index in [-0.39, 0.29) is 32.1 Å². The topological polar surface area (TPSA) is 90.7 Å². The highest BCUT2D eigenvalue weighted by Crippen LogP contribution is 2.16. The van der Waals surface area contributed by atoms with Crippen LogP contribution in [0, 0.1) is 0 Å². The minimum atomic E-state index is -4.35. The van der Waals surface area contributed by atoms with E-state index < -0.39 is 18.7 Å². The lowest BCUT2D eigenvalue weighted by atomic mass is 10.1. The van der Waals surface area contributed by atoms with Gasteiger partial charge in [0.2, 0.25) is 5.91 Å². The number of carbonyl (C=O) groups is 2. The predicted molar refractivity (Wildman–Crippen MR) is 98.8 cm³/mol. The van der Waals surface area contributed by atoms with Crippen LogP contribution >= 0.6 is 0 Å². The van der Waals surface area contributed by atoms with Crippen LogP contribution in [0.4, 0.5) is 13.2 Å². The van der Waals surface area contributed by atoms with Crippen LogP contribution in [0.2, 0.25) is 0 Å². The smallest absolute Gasteiger partial charge is 0.411 e. The molecule has 0 aliphatic heterocycles. The standard InChI is InChI=1S/C20H21F3N2O4/c21-20(22,23)13-28-11-16-3-1-15(2-4-16)10-25-19(27)12-29-17-7-5-14(6-8-17)9-18(24)26/h1-8H,9-13H2,(H2,24,26)(H,25,27). The number of ether oxygens (including phenoxy) is 2. The van der Waals surface area contributed by atoms with Gasteiger partial charge in [-0.1, -0.05) is 36.4 Å². The Hall–Kier alpha value is -3.07. The summed E-state index contributed by atoms with van der Waals surface area (Å²) in [7, 11) is 0. The lowest BCUT2D eigenvalue weighted by molar-refractivity contribution is -0.176. The quantitative estimate of drug-likeness (QED) is 0.630. The number of benzene rings is 2. The molecule has 0 aliphatic carbocycles. The molecule has 0 unspecified atom stereocenters. The molecule has 2 aromatic rings. The van der Waals surface area contributed by atoms with Gasteiger partial charge in [-0.05, 0) is 28.8 Å². The summed E-state index contributed by atoms with van der Waals surface area (Å²) >= 11 is 0. The zero-order valence-corrected chi connectivity index (χ0v) is 15.5. The molecule has 0 fully saturated rings. The molecule has 0 aliphatic rings. The Morgan fingerprint density at radius 2 is 1.52 bits per heavy atom. The number of alkyl halides is 3. The first-order chi connectivity index (χ1) is 13.7. The number of carbonyl (C=O) groups excluding carboxylic acids is 2. The predicted octanol–water partition coefficient (Wildman–Crippen LogP) is 2.49. The molecule has 0 spiro atoms. The van der Waals surface area contributed by atoms with E-state index in [4.69, 9.17) is 10.5 Å². The Morgan fingerprint density at radius 3 is 2.10 bits per heavy atom. The van der Waals surface area contributed by atoms with E-state index >= 15 is 0 Å². The van der Waals surface area contributed by atoms with Gasteiger partial charge >= 0.3 is 6.18 Å². The molecule has 0 atom stereocenters. The van der Waals surface area contributed by atoms with Crippen molar-refractivity contribution in [3.63, 3.8) is 0 Å². The monoisotopic (exact) mass is 410 g/mol. The second-order valence-electron chi connectivity index (χ2n) is 6.28. The van der Waals surface area contributed by atoms with Crippen molar-refractivity contribution < 1.29 is 32.2 Å². The molecule has 0 heterocycles. The van der Waals surface area contributed by atoms with Gasteiger partial charge in [-0.2, -0.15) is 13.2 Å². The fourth-order valence-corrected chi connectivity index (χ4v) is 2.34. The summed E-state index contributed by atoms with van der Waals surface area (Å²) in [5, 5.41) is 2.68. The second-order valence-corrected chi connectivity index (χ2v) is 6.28. The van der Waals surface area contributed by atoms with Gasteiger partial charge in [0, 0.05) is 6.54 Å². The Labute approximate surface area is 165 Å². The first-order valence-electron chi connectivity index (χ1n) is 8.70. The third kappa shape index (κ3) is 9.11. The normalized spacial score (nSPS) is 11.1. The highest BCUT2D eigenvalue weighted by Gasteiger charge is 2.27. The molecule has 0 bridgehead atoms. The zero-order valence-electron chi connectivity index (χ0n) is 15.5. The largest absolute Gasteiger partial charge is 0.484 e. The van der Waals surface area contributed by atoms with Gasteiger partial charge in [0.15, 0.2) is 6.61 Å². The van der Waals surface area contributed by atoms with E-state index in [1.54, 1.807) is 48.5 Å². The minimum absolute atomic E-state index is 0.133. The van der Waals surface area contributed by atoms with Gasteiger partial charge in [-0.3, -0.25) is 9.59 Å². The number of primary amides is 1. The molecule has 3 N–H and O–H groups in total. The maximum Gasteiger partial charge on any atom is 0.411 e. The van der Waals surface area contributed by atoms with E-state index in [2.05, 4.69) is 10.1 Å². The average Bonchev–Trinajstić information content (AvgIpc) is 2.65. The van der Waals surface area contributed by atoms with Gasteiger partial charge in [-0.25, -0.2) is 0 Å². The molecular formula is C20H21F3N2O4. The van der Waals surface area contributed by atoms with Crippen molar-refractivity contribution in [2.45, 2.75) is 25.7 Å². The van der Waals surface area contributed by atoms with Crippen molar-refractivity contribution in [2.24, 2.45) is 5.73 Å².